The number of nitrogens with zero attached hydrogens (tertiary/aromatic N) is 1. The van der Waals surface area contributed by atoms with Crippen LogP contribution in [0.4, 0.5) is 16.2 Å². The fourth-order valence-corrected chi connectivity index (χ4v) is 1.91. The Bertz CT molecular complexity index is 688. The zero-order valence-corrected chi connectivity index (χ0v) is 11.6. The zero-order valence-electron chi connectivity index (χ0n) is 10.9. The molecule has 2 amide bonds. The minimum atomic E-state index is -0.463. The maximum Gasteiger partial charge on any atom is 0.323 e. The number of nitrogens with one attached hydrogen (secondary N) is 2. The Labute approximate surface area is 126 Å². The molecule has 0 saturated heterocycles. The number of hydrogen-bond donors (Lipinski definition) is 4. The third-order valence-corrected chi connectivity index (χ3v) is 2.88. The summed E-state index contributed by atoms with van der Waals surface area (Å²) in [7, 11) is 0. The largest absolute Gasteiger partial charge is 0.409 e. The fraction of sp³-hybridized carbons (Fsp3) is 0. The van der Waals surface area contributed by atoms with Crippen LogP contribution in [0.1, 0.15) is 5.56 Å². The van der Waals surface area contributed by atoms with E-state index in [1.807, 2.05) is 0 Å². The molecule has 0 aliphatic heterocycles. The van der Waals surface area contributed by atoms with Gasteiger partial charge in [0.2, 0.25) is 0 Å². The van der Waals surface area contributed by atoms with Crippen molar-refractivity contribution in [3.63, 3.8) is 0 Å². The van der Waals surface area contributed by atoms with E-state index in [4.69, 9.17) is 22.5 Å². The highest BCUT2D eigenvalue weighted by atomic mass is 35.5. The summed E-state index contributed by atoms with van der Waals surface area (Å²) in [4.78, 5) is 11.9. The van der Waals surface area contributed by atoms with E-state index in [0.717, 1.165) is 0 Å². The van der Waals surface area contributed by atoms with Gasteiger partial charge >= 0.3 is 6.03 Å². The van der Waals surface area contributed by atoms with Crippen LogP contribution in [0, 0.1) is 0 Å². The Morgan fingerprint density at radius 2 is 1.90 bits per heavy atom. The van der Waals surface area contributed by atoms with Gasteiger partial charge in [0, 0.05) is 16.3 Å². The van der Waals surface area contributed by atoms with E-state index in [2.05, 4.69) is 15.8 Å². The smallest absolute Gasteiger partial charge is 0.323 e. The lowest BCUT2D eigenvalue weighted by atomic mass is 10.1. The Hall–Kier alpha value is -2.73. The first-order valence-corrected chi connectivity index (χ1v) is 6.38. The lowest BCUT2D eigenvalue weighted by Gasteiger charge is -2.11. The summed E-state index contributed by atoms with van der Waals surface area (Å²) in [6.07, 6.45) is 0. The van der Waals surface area contributed by atoms with Gasteiger partial charge in [-0.15, -0.1) is 0 Å². The molecule has 0 aromatic heterocycles. The first kappa shape index (κ1) is 14.7. The molecular weight excluding hydrogens is 292 g/mol. The summed E-state index contributed by atoms with van der Waals surface area (Å²) in [5.74, 6) is -0.0892. The number of anilines is 2. The van der Waals surface area contributed by atoms with Crippen molar-refractivity contribution in [2.75, 3.05) is 10.6 Å². The number of amidine groups is 1. The summed E-state index contributed by atoms with van der Waals surface area (Å²) in [6.45, 7) is 0. The van der Waals surface area contributed by atoms with Crippen molar-refractivity contribution in [2.45, 2.75) is 0 Å². The minimum Gasteiger partial charge on any atom is -0.409 e. The van der Waals surface area contributed by atoms with Gasteiger partial charge in [-0.2, -0.15) is 0 Å². The molecule has 0 aliphatic rings. The van der Waals surface area contributed by atoms with Crippen molar-refractivity contribution < 1.29 is 10.0 Å². The molecule has 108 valence electrons. The summed E-state index contributed by atoms with van der Waals surface area (Å²) in [6, 6.07) is 13.0. The van der Waals surface area contributed by atoms with Gasteiger partial charge in [0.25, 0.3) is 0 Å². The topological polar surface area (TPSA) is 99.7 Å². The number of urea groups is 1. The number of oxime groups is 1. The highest BCUT2D eigenvalue weighted by Gasteiger charge is 2.09. The number of carbonyl (C=O) groups is 1. The van der Waals surface area contributed by atoms with Crippen LogP contribution in [0.15, 0.2) is 53.7 Å². The minimum absolute atomic E-state index is 0.0892. The van der Waals surface area contributed by atoms with Crippen LogP contribution in [0.25, 0.3) is 0 Å². The Balaban J connectivity index is 2.13. The van der Waals surface area contributed by atoms with Crippen molar-refractivity contribution in [1.82, 2.24) is 0 Å². The molecule has 0 fully saturated rings. The lowest BCUT2D eigenvalue weighted by molar-refractivity contribution is 0.262. The number of rotatable bonds is 3. The molecule has 0 spiro atoms. The number of halogens is 1. The summed E-state index contributed by atoms with van der Waals surface area (Å²) >= 11 is 5.84. The molecule has 0 saturated carbocycles. The van der Waals surface area contributed by atoms with Gasteiger partial charge in [0.05, 0.1) is 5.69 Å². The molecule has 0 atom stereocenters. The molecule has 2 aromatic rings. The van der Waals surface area contributed by atoms with E-state index >= 15 is 0 Å². The van der Waals surface area contributed by atoms with Gasteiger partial charge < -0.3 is 21.6 Å². The molecule has 0 aliphatic carbocycles. The molecule has 0 radical (unpaired) electrons. The second kappa shape index (κ2) is 6.62. The maximum absolute atomic E-state index is 11.9. The summed E-state index contributed by atoms with van der Waals surface area (Å²) < 4.78 is 0. The third kappa shape index (κ3) is 3.87. The van der Waals surface area contributed by atoms with E-state index in [1.54, 1.807) is 48.5 Å². The second-order valence-corrected chi connectivity index (χ2v) is 4.56. The van der Waals surface area contributed by atoms with Gasteiger partial charge in [0.1, 0.15) is 0 Å². The molecule has 0 bridgehead atoms. The molecule has 2 rings (SSSR count). The van der Waals surface area contributed by atoms with Crippen LogP contribution >= 0.6 is 11.6 Å². The quantitative estimate of drug-likeness (QED) is 0.303. The molecule has 6 nitrogen and oxygen atoms in total. The first-order valence-electron chi connectivity index (χ1n) is 6.00. The SMILES string of the molecule is N/C(=N/O)c1ccccc1NC(=O)Nc1cccc(Cl)c1. The van der Waals surface area contributed by atoms with Crippen molar-refractivity contribution in [3.8, 4) is 0 Å². The fourth-order valence-electron chi connectivity index (χ4n) is 1.72. The van der Waals surface area contributed by atoms with Crippen LogP contribution < -0.4 is 16.4 Å². The Kier molecular flexibility index (Phi) is 4.63. The highest BCUT2D eigenvalue weighted by molar-refractivity contribution is 6.30. The van der Waals surface area contributed by atoms with Crippen molar-refractivity contribution in [3.05, 3.63) is 59.1 Å². The lowest BCUT2D eigenvalue weighted by Crippen LogP contribution is -2.22. The average molecular weight is 305 g/mol. The standard InChI is InChI=1S/C14H13ClN4O2/c15-9-4-3-5-10(8-9)17-14(20)18-12-7-2-1-6-11(12)13(16)19-21/h1-8,21H,(H2,16,19)(H2,17,18,20). The van der Waals surface area contributed by atoms with Crippen molar-refractivity contribution in [1.29, 1.82) is 0 Å². The molecular formula is C14H13ClN4O2. The van der Waals surface area contributed by atoms with E-state index in [1.165, 1.54) is 0 Å². The predicted octanol–water partition coefficient (Wildman–Crippen LogP) is 3.08. The third-order valence-electron chi connectivity index (χ3n) is 2.64. The van der Waals surface area contributed by atoms with Crippen LogP contribution in [0.2, 0.25) is 5.02 Å². The van der Waals surface area contributed by atoms with Crippen LogP contribution in [0.5, 0.6) is 0 Å². The number of para-hydroxylation sites is 1. The maximum atomic E-state index is 11.9. The van der Waals surface area contributed by atoms with E-state index < -0.39 is 6.03 Å². The monoisotopic (exact) mass is 304 g/mol. The predicted molar refractivity (Wildman–Crippen MR) is 83.0 cm³/mol. The Morgan fingerprint density at radius 3 is 2.62 bits per heavy atom. The second-order valence-electron chi connectivity index (χ2n) is 4.12. The highest BCUT2D eigenvalue weighted by Crippen LogP contribution is 2.17. The van der Waals surface area contributed by atoms with Gasteiger partial charge in [-0.1, -0.05) is 35.0 Å². The van der Waals surface area contributed by atoms with E-state index in [-0.39, 0.29) is 5.84 Å². The number of hydrogen-bond acceptors (Lipinski definition) is 3. The molecule has 5 N–H and O–H groups in total. The number of nitrogens with two attached hydrogens (primary N) is 1. The van der Waals surface area contributed by atoms with Gasteiger partial charge in [0.15, 0.2) is 5.84 Å². The molecule has 21 heavy (non-hydrogen) atoms. The first-order chi connectivity index (χ1) is 10.1. The molecule has 0 heterocycles. The van der Waals surface area contributed by atoms with E-state index in [0.29, 0.717) is 22.0 Å². The number of benzene rings is 2. The zero-order chi connectivity index (χ0) is 15.2. The van der Waals surface area contributed by atoms with Crippen LogP contribution in [-0.2, 0) is 0 Å². The van der Waals surface area contributed by atoms with Crippen LogP contribution in [0.3, 0.4) is 0 Å². The van der Waals surface area contributed by atoms with Crippen LogP contribution in [-0.4, -0.2) is 17.1 Å². The normalized spacial score (nSPS) is 11.0. The van der Waals surface area contributed by atoms with E-state index in [9.17, 15) is 4.79 Å². The van der Waals surface area contributed by atoms with Gasteiger partial charge in [-0.3, -0.25) is 0 Å². The molecule has 2 aromatic carbocycles. The van der Waals surface area contributed by atoms with Gasteiger partial charge in [-0.05, 0) is 30.3 Å². The van der Waals surface area contributed by atoms with Crippen molar-refractivity contribution >= 4 is 34.8 Å². The number of amides is 2. The number of carbonyl (C=O) groups excluding carboxylic acids is 1. The molecule has 7 heteroatoms. The summed E-state index contributed by atoms with van der Waals surface area (Å²) in [5, 5.41) is 17.4. The summed E-state index contributed by atoms with van der Waals surface area (Å²) in [5.41, 5.74) is 6.95. The Morgan fingerprint density at radius 1 is 1.14 bits per heavy atom. The van der Waals surface area contributed by atoms with Gasteiger partial charge in [-0.25, -0.2) is 4.79 Å². The average Bonchev–Trinajstić information content (AvgIpc) is 2.47. The molecule has 0 unspecified atom stereocenters. The van der Waals surface area contributed by atoms with Crippen molar-refractivity contribution in [2.24, 2.45) is 10.9 Å².